The van der Waals surface area contributed by atoms with Gasteiger partial charge in [0.05, 0.1) is 11.8 Å². The molecular formula is C30H25BrN2O2. The first-order chi connectivity index (χ1) is 17.1. The highest BCUT2D eigenvalue weighted by Gasteiger charge is 2.41. The highest BCUT2D eigenvalue weighted by molar-refractivity contribution is 9.10. The molecule has 4 aromatic rings. The molecule has 174 valence electrons. The van der Waals surface area contributed by atoms with Crippen LogP contribution in [0.4, 0.5) is 0 Å². The van der Waals surface area contributed by atoms with Crippen LogP contribution in [0.1, 0.15) is 46.5 Å². The third-order valence-electron chi connectivity index (χ3n) is 6.55. The lowest BCUT2D eigenvalue weighted by Gasteiger charge is -2.38. The van der Waals surface area contributed by atoms with Gasteiger partial charge < -0.3 is 9.47 Å². The maximum atomic E-state index is 6.52. The van der Waals surface area contributed by atoms with Crippen LogP contribution in [-0.2, 0) is 6.61 Å². The smallest absolute Gasteiger partial charge is 0.213 e. The summed E-state index contributed by atoms with van der Waals surface area (Å²) in [6.45, 7) is 2.65. The fourth-order valence-electron chi connectivity index (χ4n) is 4.67. The molecule has 5 heteroatoms. The second-order valence-electron chi connectivity index (χ2n) is 9.01. The van der Waals surface area contributed by atoms with Crippen molar-refractivity contribution < 1.29 is 9.47 Å². The Morgan fingerprint density at radius 3 is 2.49 bits per heavy atom. The molecule has 2 unspecified atom stereocenters. The fourth-order valence-corrected chi connectivity index (χ4v) is 5.05. The zero-order valence-corrected chi connectivity index (χ0v) is 21.0. The van der Waals surface area contributed by atoms with Gasteiger partial charge in [-0.15, -0.1) is 0 Å². The van der Waals surface area contributed by atoms with Crippen LogP contribution in [0.5, 0.6) is 11.5 Å². The standard InChI is InChI=1S/C30H25BrN2O2/c1-20-7-9-22(10-8-20)27-18-28-26-17-24(31)13-16-29(26)35-30(33(28)32-27)23-11-14-25(15-12-23)34-19-21-5-3-2-4-6-21/h2-17,28,30H,18-19H2,1H3. The molecule has 35 heavy (non-hydrogen) atoms. The van der Waals surface area contributed by atoms with Crippen molar-refractivity contribution in [3.63, 3.8) is 0 Å². The molecule has 0 aromatic heterocycles. The largest absolute Gasteiger partial charge is 0.489 e. The zero-order chi connectivity index (χ0) is 23.8. The molecule has 0 aliphatic carbocycles. The molecule has 2 aliphatic heterocycles. The third kappa shape index (κ3) is 4.44. The van der Waals surface area contributed by atoms with Crippen molar-refractivity contribution in [2.24, 2.45) is 5.10 Å². The number of halogens is 1. The predicted molar refractivity (Wildman–Crippen MR) is 142 cm³/mol. The molecule has 0 amide bonds. The Morgan fingerprint density at radius 2 is 1.71 bits per heavy atom. The van der Waals surface area contributed by atoms with E-state index in [2.05, 4.69) is 82.5 Å². The van der Waals surface area contributed by atoms with Crippen LogP contribution in [0.15, 0.2) is 107 Å². The van der Waals surface area contributed by atoms with Crippen molar-refractivity contribution in [1.82, 2.24) is 5.01 Å². The van der Waals surface area contributed by atoms with E-state index in [0.29, 0.717) is 6.61 Å². The summed E-state index contributed by atoms with van der Waals surface area (Å²) >= 11 is 3.63. The first-order valence-electron chi connectivity index (χ1n) is 11.8. The minimum absolute atomic E-state index is 0.117. The number of fused-ring (bicyclic) bond motifs is 3. The van der Waals surface area contributed by atoms with Gasteiger partial charge in [0.1, 0.15) is 18.1 Å². The SMILES string of the molecule is Cc1ccc(C2=NN3C(C2)c2cc(Br)ccc2OC3c2ccc(OCc3ccccc3)cc2)cc1. The van der Waals surface area contributed by atoms with Crippen LogP contribution in [0, 0.1) is 6.92 Å². The van der Waals surface area contributed by atoms with Crippen LogP contribution in [0.2, 0.25) is 0 Å². The first-order valence-corrected chi connectivity index (χ1v) is 12.6. The Bertz CT molecular complexity index is 1370. The Hall–Kier alpha value is -3.57. The Balaban J connectivity index is 1.29. The number of rotatable bonds is 5. The summed E-state index contributed by atoms with van der Waals surface area (Å²) < 4.78 is 13.5. The van der Waals surface area contributed by atoms with Crippen molar-refractivity contribution in [2.45, 2.75) is 32.2 Å². The monoisotopic (exact) mass is 524 g/mol. The van der Waals surface area contributed by atoms with Gasteiger partial charge in [-0.1, -0.05) is 76.1 Å². The van der Waals surface area contributed by atoms with Gasteiger partial charge in [0.2, 0.25) is 6.23 Å². The molecule has 0 radical (unpaired) electrons. The number of aryl methyl sites for hydroxylation is 1. The number of hydrogen-bond donors (Lipinski definition) is 0. The van der Waals surface area contributed by atoms with E-state index in [1.807, 2.05) is 42.5 Å². The topological polar surface area (TPSA) is 34.1 Å². The van der Waals surface area contributed by atoms with Crippen molar-refractivity contribution in [2.75, 3.05) is 0 Å². The molecular weight excluding hydrogens is 500 g/mol. The summed E-state index contributed by atoms with van der Waals surface area (Å²) in [7, 11) is 0. The van der Waals surface area contributed by atoms with Crippen LogP contribution < -0.4 is 9.47 Å². The van der Waals surface area contributed by atoms with E-state index in [9.17, 15) is 0 Å². The average molecular weight is 525 g/mol. The van der Waals surface area contributed by atoms with Crippen molar-refractivity contribution in [3.8, 4) is 11.5 Å². The van der Waals surface area contributed by atoms with Crippen molar-refractivity contribution in [3.05, 3.63) is 129 Å². The Morgan fingerprint density at radius 1 is 0.943 bits per heavy atom. The molecule has 2 atom stereocenters. The molecule has 2 aliphatic rings. The molecule has 0 spiro atoms. The Labute approximate surface area is 214 Å². The van der Waals surface area contributed by atoms with Gasteiger partial charge in [-0.3, -0.25) is 0 Å². The molecule has 4 aromatic carbocycles. The van der Waals surface area contributed by atoms with Gasteiger partial charge in [-0.25, -0.2) is 5.01 Å². The molecule has 0 fully saturated rings. The summed E-state index contributed by atoms with van der Waals surface area (Å²) in [6.07, 6.45) is 0.532. The van der Waals surface area contributed by atoms with Gasteiger partial charge in [0.25, 0.3) is 0 Å². The van der Waals surface area contributed by atoms with E-state index in [-0.39, 0.29) is 12.3 Å². The van der Waals surface area contributed by atoms with Crippen LogP contribution in [0.3, 0.4) is 0 Å². The Kier molecular flexibility index (Phi) is 5.78. The number of hydrazone groups is 1. The summed E-state index contributed by atoms with van der Waals surface area (Å²) in [4.78, 5) is 0. The van der Waals surface area contributed by atoms with E-state index in [1.165, 1.54) is 5.56 Å². The number of nitrogens with zero attached hydrogens (tertiary/aromatic N) is 2. The van der Waals surface area contributed by atoms with Crippen molar-refractivity contribution in [1.29, 1.82) is 0 Å². The molecule has 0 bridgehead atoms. The van der Waals surface area contributed by atoms with Crippen LogP contribution >= 0.6 is 15.9 Å². The maximum Gasteiger partial charge on any atom is 0.213 e. The molecule has 0 saturated heterocycles. The highest BCUT2D eigenvalue weighted by atomic mass is 79.9. The van der Waals surface area contributed by atoms with E-state index in [1.54, 1.807) is 0 Å². The fraction of sp³-hybridized carbons (Fsp3) is 0.167. The molecule has 0 saturated carbocycles. The summed E-state index contributed by atoms with van der Waals surface area (Å²) in [6, 6.07) is 33.3. The number of ether oxygens (including phenoxy) is 2. The normalized spacial score (nSPS) is 18.3. The lowest BCUT2D eigenvalue weighted by molar-refractivity contribution is -0.0191. The first kappa shape index (κ1) is 21.9. The highest BCUT2D eigenvalue weighted by Crippen LogP contribution is 2.48. The molecule has 6 rings (SSSR count). The third-order valence-corrected chi connectivity index (χ3v) is 7.04. The van der Waals surface area contributed by atoms with Crippen LogP contribution in [-0.4, -0.2) is 10.7 Å². The van der Waals surface area contributed by atoms with Crippen molar-refractivity contribution >= 4 is 21.6 Å². The predicted octanol–water partition coefficient (Wildman–Crippen LogP) is 7.58. The second kappa shape index (κ2) is 9.23. The van der Waals surface area contributed by atoms with Crippen LogP contribution in [0.25, 0.3) is 0 Å². The minimum atomic E-state index is -0.306. The quantitative estimate of drug-likeness (QED) is 0.269. The van der Waals surface area contributed by atoms with E-state index >= 15 is 0 Å². The number of hydrogen-bond acceptors (Lipinski definition) is 4. The zero-order valence-electron chi connectivity index (χ0n) is 19.4. The van der Waals surface area contributed by atoms with E-state index in [4.69, 9.17) is 14.6 Å². The lowest BCUT2D eigenvalue weighted by atomic mass is 9.95. The molecule has 2 heterocycles. The van der Waals surface area contributed by atoms with Gasteiger partial charge in [0, 0.05) is 22.0 Å². The maximum absolute atomic E-state index is 6.52. The lowest BCUT2D eigenvalue weighted by Crippen LogP contribution is -2.33. The summed E-state index contributed by atoms with van der Waals surface area (Å²) in [5.41, 5.74) is 6.83. The molecule has 4 nitrogen and oxygen atoms in total. The van der Waals surface area contributed by atoms with E-state index < -0.39 is 0 Å². The van der Waals surface area contributed by atoms with Gasteiger partial charge in [0.15, 0.2) is 0 Å². The summed E-state index contributed by atoms with van der Waals surface area (Å²) in [5.74, 6) is 1.74. The molecule has 0 N–H and O–H groups in total. The van der Waals surface area contributed by atoms with Gasteiger partial charge in [-0.2, -0.15) is 5.10 Å². The average Bonchev–Trinajstić information content (AvgIpc) is 3.34. The summed E-state index contributed by atoms with van der Waals surface area (Å²) in [5, 5.41) is 7.19. The number of benzene rings is 4. The van der Waals surface area contributed by atoms with Gasteiger partial charge in [-0.05, 0) is 60.5 Å². The van der Waals surface area contributed by atoms with Gasteiger partial charge >= 0.3 is 0 Å². The van der Waals surface area contributed by atoms with E-state index in [0.717, 1.165) is 50.4 Å². The second-order valence-corrected chi connectivity index (χ2v) is 9.92. The minimum Gasteiger partial charge on any atom is -0.489 e.